The molecule has 5 heteroatoms. The second-order valence-electron chi connectivity index (χ2n) is 3.52. The Bertz CT molecular complexity index is 555. The lowest BCUT2D eigenvalue weighted by Crippen LogP contribution is -2.13. The molecule has 0 aliphatic carbocycles. The van der Waals surface area contributed by atoms with E-state index >= 15 is 0 Å². The highest BCUT2D eigenvalue weighted by molar-refractivity contribution is 6.05. The first-order chi connectivity index (χ1) is 8.70. The van der Waals surface area contributed by atoms with Crippen LogP contribution in [0.2, 0.25) is 0 Å². The van der Waals surface area contributed by atoms with E-state index in [2.05, 4.69) is 10.3 Å². The van der Waals surface area contributed by atoms with Gasteiger partial charge in [0.15, 0.2) is 0 Å². The van der Waals surface area contributed by atoms with Gasteiger partial charge in [-0.1, -0.05) is 0 Å². The SMILES string of the molecule is COc1ncccc1C(=O)Nc1ccc(F)cc1. The van der Waals surface area contributed by atoms with Crippen LogP contribution in [-0.2, 0) is 0 Å². The monoisotopic (exact) mass is 246 g/mol. The Labute approximate surface area is 103 Å². The Hall–Kier alpha value is -2.43. The molecule has 1 heterocycles. The Morgan fingerprint density at radius 1 is 1.28 bits per heavy atom. The fourth-order valence-electron chi connectivity index (χ4n) is 1.46. The molecule has 1 amide bonds. The molecule has 2 rings (SSSR count). The van der Waals surface area contributed by atoms with Crippen molar-refractivity contribution in [1.82, 2.24) is 4.98 Å². The Morgan fingerprint density at radius 2 is 2.00 bits per heavy atom. The number of benzene rings is 1. The van der Waals surface area contributed by atoms with Crippen molar-refractivity contribution in [3.05, 3.63) is 54.0 Å². The van der Waals surface area contributed by atoms with Crippen molar-refractivity contribution in [3.8, 4) is 5.88 Å². The molecule has 2 aromatic rings. The topological polar surface area (TPSA) is 51.2 Å². The van der Waals surface area contributed by atoms with Crippen molar-refractivity contribution in [2.45, 2.75) is 0 Å². The van der Waals surface area contributed by atoms with E-state index in [1.165, 1.54) is 37.6 Å². The van der Waals surface area contributed by atoms with Crippen molar-refractivity contribution in [3.63, 3.8) is 0 Å². The molecule has 0 aliphatic rings. The third-order valence-electron chi connectivity index (χ3n) is 2.31. The maximum atomic E-state index is 12.7. The zero-order valence-corrected chi connectivity index (χ0v) is 9.68. The van der Waals surface area contributed by atoms with Crippen molar-refractivity contribution < 1.29 is 13.9 Å². The summed E-state index contributed by atoms with van der Waals surface area (Å²) in [5, 5.41) is 2.63. The number of aromatic nitrogens is 1. The number of hydrogen-bond donors (Lipinski definition) is 1. The molecule has 0 aliphatic heterocycles. The van der Waals surface area contributed by atoms with Gasteiger partial charge in [-0.05, 0) is 36.4 Å². The van der Waals surface area contributed by atoms with Gasteiger partial charge in [-0.2, -0.15) is 0 Å². The predicted octanol–water partition coefficient (Wildman–Crippen LogP) is 2.48. The summed E-state index contributed by atoms with van der Waals surface area (Å²) < 4.78 is 17.7. The first-order valence-corrected chi connectivity index (χ1v) is 5.26. The molecule has 18 heavy (non-hydrogen) atoms. The lowest BCUT2D eigenvalue weighted by molar-refractivity contribution is 0.102. The van der Waals surface area contributed by atoms with Gasteiger partial charge in [-0.3, -0.25) is 4.79 Å². The normalized spacial score (nSPS) is 9.89. The molecule has 0 fully saturated rings. The van der Waals surface area contributed by atoms with Crippen LogP contribution >= 0.6 is 0 Å². The van der Waals surface area contributed by atoms with Crippen molar-refractivity contribution in [2.24, 2.45) is 0 Å². The summed E-state index contributed by atoms with van der Waals surface area (Å²) in [6, 6.07) is 8.76. The summed E-state index contributed by atoms with van der Waals surface area (Å²) in [4.78, 5) is 15.9. The summed E-state index contributed by atoms with van der Waals surface area (Å²) in [5.41, 5.74) is 0.830. The molecule has 1 N–H and O–H groups in total. The number of ether oxygens (including phenoxy) is 1. The number of hydrogen-bond acceptors (Lipinski definition) is 3. The minimum Gasteiger partial charge on any atom is -0.480 e. The molecule has 4 nitrogen and oxygen atoms in total. The van der Waals surface area contributed by atoms with Crippen molar-refractivity contribution >= 4 is 11.6 Å². The third kappa shape index (κ3) is 2.63. The molecule has 0 saturated heterocycles. The zero-order chi connectivity index (χ0) is 13.0. The summed E-state index contributed by atoms with van der Waals surface area (Å²) in [6.45, 7) is 0. The Balaban J connectivity index is 2.19. The molecule has 0 atom stereocenters. The molecule has 92 valence electrons. The van der Waals surface area contributed by atoms with Gasteiger partial charge >= 0.3 is 0 Å². The molecule has 1 aromatic carbocycles. The number of carbonyl (C=O) groups excluding carboxylic acids is 1. The maximum absolute atomic E-state index is 12.7. The lowest BCUT2D eigenvalue weighted by Gasteiger charge is -2.07. The van der Waals surface area contributed by atoms with Gasteiger partial charge < -0.3 is 10.1 Å². The first kappa shape index (κ1) is 12.0. The number of nitrogens with one attached hydrogen (secondary N) is 1. The van der Waals surface area contributed by atoms with Gasteiger partial charge in [0, 0.05) is 11.9 Å². The average Bonchev–Trinajstić information content (AvgIpc) is 2.41. The van der Waals surface area contributed by atoms with Crippen LogP contribution in [0.5, 0.6) is 5.88 Å². The van der Waals surface area contributed by atoms with E-state index in [1.807, 2.05) is 0 Å². The van der Waals surface area contributed by atoms with Crippen LogP contribution in [0.1, 0.15) is 10.4 Å². The van der Waals surface area contributed by atoms with Crippen LogP contribution in [-0.4, -0.2) is 18.0 Å². The molecule has 0 spiro atoms. The van der Waals surface area contributed by atoms with Crippen LogP contribution in [0.25, 0.3) is 0 Å². The smallest absolute Gasteiger partial charge is 0.261 e. The van der Waals surface area contributed by atoms with E-state index in [0.29, 0.717) is 11.3 Å². The second kappa shape index (κ2) is 5.27. The lowest BCUT2D eigenvalue weighted by atomic mass is 10.2. The summed E-state index contributed by atoms with van der Waals surface area (Å²) >= 11 is 0. The van der Waals surface area contributed by atoms with Crippen LogP contribution in [0.15, 0.2) is 42.6 Å². The zero-order valence-electron chi connectivity index (χ0n) is 9.68. The van der Waals surface area contributed by atoms with Crippen LogP contribution < -0.4 is 10.1 Å². The van der Waals surface area contributed by atoms with E-state index in [-0.39, 0.29) is 17.6 Å². The molecular formula is C13H11FN2O2. The average molecular weight is 246 g/mol. The highest BCUT2D eigenvalue weighted by Gasteiger charge is 2.12. The van der Waals surface area contributed by atoms with Crippen molar-refractivity contribution in [1.29, 1.82) is 0 Å². The fraction of sp³-hybridized carbons (Fsp3) is 0.0769. The van der Waals surface area contributed by atoms with Gasteiger partial charge in [0.25, 0.3) is 5.91 Å². The minimum atomic E-state index is -0.355. The van der Waals surface area contributed by atoms with Crippen LogP contribution in [0.3, 0.4) is 0 Å². The Kier molecular flexibility index (Phi) is 3.52. The van der Waals surface area contributed by atoms with E-state index in [0.717, 1.165) is 0 Å². The van der Waals surface area contributed by atoms with E-state index < -0.39 is 0 Å². The highest BCUT2D eigenvalue weighted by Crippen LogP contribution is 2.16. The second-order valence-corrected chi connectivity index (χ2v) is 3.52. The van der Waals surface area contributed by atoms with Gasteiger partial charge in [0.2, 0.25) is 5.88 Å². The molecular weight excluding hydrogens is 235 g/mol. The molecule has 0 bridgehead atoms. The largest absolute Gasteiger partial charge is 0.480 e. The van der Waals surface area contributed by atoms with Crippen LogP contribution in [0, 0.1) is 5.82 Å². The van der Waals surface area contributed by atoms with E-state index in [9.17, 15) is 9.18 Å². The number of nitrogens with zero attached hydrogens (tertiary/aromatic N) is 1. The number of halogens is 1. The Morgan fingerprint density at radius 3 is 2.67 bits per heavy atom. The standard InChI is InChI=1S/C13H11FN2O2/c1-18-13-11(3-2-8-15-13)12(17)16-10-6-4-9(14)5-7-10/h2-8H,1H3,(H,16,17). The fourth-order valence-corrected chi connectivity index (χ4v) is 1.46. The summed E-state index contributed by atoms with van der Waals surface area (Å²) in [6.07, 6.45) is 1.54. The third-order valence-corrected chi connectivity index (χ3v) is 2.31. The number of anilines is 1. The van der Waals surface area contributed by atoms with Crippen molar-refractivity contribution in [2.75, 3.05) is 12.4 Å². The van der Waals surface area contributed by atoms with E-state index in [1.54, 1.807) is 12.1 Å². The molecule has 0 radical (unpaired) electrons. The quantitative estimate of drug-likeness (QED) is 0.905. The van der Waals surface area contributed by atoms with Crippen LogP contribution in [0.4, 0.5) is 10.1 Å². The van der Waals surface area contributed by atoms with Gasteiger partial charge in [0.05, 0.1) is 7.11 Å². The summed E-state index contributed by atoms with van der Waals surface area (Å²) in [5.74, 6) is -0.462. The molecule has 0 saturated carbocycles. The molecule has 0 unspecified atom stereocenters. The highest BCUT2D eigenvalue weighted by atomic mass is 19.1. The van der Waals surface area contributed by atoms with Gasteiger partial charge in [-0.15, -0.1) is 0 Å². The number of rotatable bonds is 3. The predicted molar refractivity (Wildman–Crippen MR) is 65.1 cm³/mol. The number of carbonyl (C=O) groups is 1. The van der Waals surface area contributed by atoms with Gasteiger partial charge in [0.1, 0.15) is 11.4 Å². The maximum Gasteiger partial charge on any atom is 0.261 e. The van der Waals surface area contributed by atoms with E-state index in [4.69, 9.17) is 4.74 Å². The molecule has 1 aromatic heterocycles. The number of methoxy groups -OCH3 is 1. The number of amides is 1. The van der Waals surface area contributed by atoms with Gasteiger partial charge in [-0.25, -0.2) is 9.37 Å². The minimum absolute atomic E-state index is 0.247. The first-order valence-electron chi connectivity index (χ1n) is 5.26. The number of pyridine rings is 1. The summed E-state index contributed by atoms with van der Waals surface area (Å²) in [7, 11) is 1.44.